The highest BCUT2D eigenvalue weighted by atomic mass is 32.2. The van der Waals surface area contributed by atoms with Crippen molar-refractivity contribution >= 4 is 23.1 Å². The first kappa shape index (κ1) is 15.5. The minimum absolute atomic E-state index is 0.235. The molecule has 0 radical (unpaired) electrons. The summed E-state index contributed by atoms with van der Waals surface area (Å²) in [6.45, 7) is 4.34. The van der Waals surface area contributed by atoms with Crippen molar-refractivity contribution in [3.05, 3.63) is 35.3 Å². The lowest BCUT2D eigenvalue weighted by atomic mass is 10.1. The molecule has 0 bridgehead atoms. The smallest absolute Gasteiger partial charge is 0.123 e. The Labute approximate surface area is 129 Å². The van der Waals surface area contributed by atoms with Gasteiger partial charge < -0.3 is 5.73 Å². The van der Waals surface area contributed by atoms with Gasteiger partial charge in [0.15, 0.2) is 0 Å². The van der Waals surface area contributed by atoms with Gasteiger partial charge in [0.05, 0.1) is 5.69 Å². The third kappa shape index (κ3) is 4.33. The molecule has 0 aliphatic carbocycles. The van der Waals surface area contributed by atoms with E-state index in [1.54, 1.807) is 11.3 Å². The van der Waals surface area contributed by atoms with Crippen molar-refractivity contribution in [2.24, 2.45) is 5.73 Å². The minimum Gasteiger partial charge on any atom is -0.327 e. The molecular weight excluding hydrogens is 284 g/mol. The van der Waals surface area contributed by atoms with Crippen molar-refractivity contribution in [2.75, 3.05) is 5.75 Å². The number of benzene rings is 1. The molecule has 2 aromatic rings. The highest BCUT2D eigenvalue weighted by Gasteiger charge is 2.08. The van der Waals surface area contributed by atoms with Crippen LogP contribution in [0.15, 0.2) is 34.5 Å². The average molecular weight is 306 g/mol. The standard InChI is InChI=1S/C16H22N2S2/c1-3-5-13(17)10-14-11-20-16(18-14)12-6-8-15(9-7-12)19-4-2/h6-9,11,13H,3-5,10,17H2,1-2H3. The van der Waals surface area contributed by atoms with E-state index in [4.69, 9.17) is 10.7 Å². The van der Waals surface area contributed by atoms with E-state index in [1.807, 2.05) is 11.8 Å². The lowest BCUT2D eigenvalue weighted by Crippen LogP contribution is -2.22. The number of rotatable bonds is 7. The fraction of sp³-hybridized carbons (Fsp3) is 0.438. The zero-order valence-corrected chi connectivity index (χ0v) is 13.8. The molecule has 1 atom stereocenters. The van der Waals surface area contributed by atoms with E-state index in [0.29, 0.717) is 0 Å². The number of thioether (sulfide) groups is 1. The SMILES string of the molecule is CCCC(N)Cc1csc(-c2ccc(SCC)cc2)n1. The molecule has 1 unspecified atom stereocenters. The Bertz CT molecular complexity index is 520. The molecule has 2 nitrogen and oxygen atoms in total. The number of aromatic nitrogens is 1. The average Bonchev–Trinajstić information content (AvgIpc) is 2.88. The summed E-state index contributed by atoms with van der Waals surface area (Å²) in [4.78, 5) is 6.03. The van der Waals surface area contributed by atoms with Crippen molar-refractivity contribution in [3.8, 4) is 10.6 Å². The third-order valence-electron chi connectivity index (χ3n) is 3.09. The van der Waals surface area contributed by atoms with Crippen LogP contribution in [0.25, 0.3) is 10.6 Å². The predicted octanol–water partition coefficient (Wildman–Crippen LogP) is 4.59. The molecule has 0 saturated heterocycles. The van der Waals surface area contributed by atoms with E-state index in [0.717, 1.165) is 35.7 Å². The van der Waals surface area contributed by atoms with E-state index in [9.17, 15) is 0 Å². The van der Waals surface area contributed by atoms with Crippen LogP contribution >= 0.6 is 23.1 Å². The molecule has 2 N–H and O–H groups in total. The Morgan fingerprint density at radius 2 is 2.00 bits per heavy atom. The Morgan fingerprint density at radius 1 is 1.25 bits per heavy atom. The van der Waals surface area contributed by atoms with Gasteiger partial charge in [-0.15, -0.1) is 23.1 Å². The maximum atomic E-state index is 6.08. The van der Waals surface area contributed by atoms with Gasteiger partial charge in [-0.25, -0.2) is 4.98 Å². The molecule has 108 valence electrons. The molecule has 0 spiro atoms. The van der Waals surface area contributed by atoms with E-state index in [2.05, 4.69) is 43.5 Å². The van der Waals surface area contributed by atoms with Crippen molar-refractivity contribution in [1.29, 1.82) is 0 Å². The fourth-order valence-electron chi connectivity index (χ4n) is 2.14. The summed E-state index contributed by atoms with van der Waals surface area (Å²) in [7, 11) is 0. The van der Waals surface area contributed by atoms with Crippen LogP contribution in [-0.2, 0) is 6.42 Å². The molecule has 1 heterocycles. The van der Waals surface area contributed by atoms with Crippen molar-refractivity contribution in [3.63, 3.8) is 0 Å². The fourth-order valence-corrected chi connectivity index (χ4v) is 3.64. The minimum atomic E-state index is 0.235. The summed E-state index contributed by atoms with van der Waals surface area (Å²) in [5.41, 5.74) is 8.40. The molecule has 20 heavy (non-hydrogen) atoms. The molecule has 2 rings (SSSR count). The first-order chi connectivity index (χ1) is 9.72. The first-order valence-corrected chi connectivity index (χ1v) is 9.02. The van der Waals surface area contributed by atoms with Crippen LogP contribution < -0.4 is 5.73 Å². The molecule has 0 amide bonds. The van der Waals surface area contributed by atoms with Gasteiger partial charge in [-0.1, -0.05) is 32.4 Å². The number of thiazole rings is 1. The molecule has 0 fully saturated rings. The van der Waals surface area contributed by atoms with Gasteiger partial charge >= 0.3 is 0 Å². The molecule has 1 aromatic heterocycles. The zero-order chi connectivity index (χ0) is 14.4. The third-order valence-corrected chi connectivity index (χ3v) is 4.93. The summed E-state index contributed by atoms with van der Waals surface area (Å²) in [5, 5.41) is 3.23. The van der Waals surface area contributed by atoms with Gasteiger partial charge in [0.25, 0.3) is 0 Å². The molecule has 1 aromatic carbocycles. The Balaban J connectivity index is 2.04. The molecule has 4 heteroatoms. The summed E-state index contributed by atoms with van der Waals surface area (Å²) in [6, 6.07) is 8.90. The van der Waals surface area contributed by atoms with Crippen LogP contribution in [0.2, 0.25) is 0 Å². The molecule has 0 aliphatic rings. The molecule has 0 aliphatic heterocycles. The molecular formula is C16H22N2S2. The van der Waals surface area contributed by atoms with E-state index < -0.39 is 0 Å². The maximum Gasteiger partial charge on any atom is 0.123 e. The summed E-state index contributed by atoms with van der Waals surface area (Å²) < 4.78 is 0. The van der Waals surface area contributed by atoms with Crippen molar-refractivity contribution in [2.45, 2.75) is 44.0 Å². The topological polar surface area (TPSA) is 38.9 Å². The summed E-state index contributed by atoms with van der Waals surface area (Å²) in [6.07, 6.45) is 3.08. The van der Waals surface area contributed by atoms with Crippen molar-refractivity contribution < 1.29 is 0 Å². The van der Waals surface area contributed by atoms with Crippen LogP contribution in [0.1, 0.15) is 32.4 Å². The summed E-state index contributed by atoms with van der Waals surface area (Å²) >= 11 is 3.57. The van der Waals surface area contributed by atoms with E-state index in [1.165, 1.54) is 10.5 Å². The second kappa shape index (κ2) is 7.81. The highest BCUT2D eigenvalue weighted by Crippen LogP contribution is 2.27. The zero-order valence-electron chi connectivity index (χ0n) is 12.1. The molecule has 0 saturated carbocycles. The Hall–Kier alpha value is -0.840. The van der Waals surface area contributed by atoms with Crippen LogP contribution in [0.5, 0.6) is 0 Å². The van der Waals surface area contributed by atoms with Gasteiger partial charge in [0.2, 0.25) is 0 Å². The number of nitrogens with zero attached hydrogens (tertiary/aromatic N) is 1. The number of nitrogens with two attached hydrogens (primary N) is 1. The van der Waals surface area contributed by atoms with Crippen LogP contribution in [0.4, 0.5) is 0 Å². The lowest BCUT2D eigenvalue weighted by molar-refractivity contribution is 0.595. The second-order valence-electron chi connectivity index (χ2n) is 4.85. The quantitative estimate of drug-likeness (QED) is 0.760. The summed E-state index contributed by atoms with van der Waals surface area (Å²) in [5.74, 6) is 1.11. The number of hydrogen-bond donors (Lipinski definition) is 1. The van der Waals surface area contributed by atoms with Gasteiger partial charge in [0, 0.05) is 28.3 Å². The maximum absolute atomic E-state index is 6.08. The number of hydrogen-bond acceptors (Lipinski definition) is 4. The normalized spacial score (nSPS) is 12.6. The van der Waals surface area contributed by atoms with Gasteiger partial charge in [-0.2, -0.15) is 0 Å². The van der Waals surface area contributed by atoms with Crippen LogP contribution in [0.3, 0.4) is 0 Å². The van der Waals surface area contributed by atoms with Crippen LogP contribution in [-0.4, -0.2) is 16.8 Å². The Kier molecular flexibility index (Phi) is 6.07. The van der Waals surface area contributed by atoms with E-state index in [-0.39, 0.29) is 6.04 Å². The highest BCUT2D eigenvalue weighted by molar-refractivity contribution is 7.99. The monoisotopic (exact) mass is 306 g/mol. The van der Waals surface area contributed by atoms with Gasteiger partial charge in [0.1, 0.15) is 5.01 Å². The van der Waals surface area contributed by atoms with Crippen LogP contribution in [0, 0.1) is 0 Å². The Morgan fingerprint density at radius 3 is 2.65 bits per heavy atom. The second-order valence-corrected chi connectivity index (χ2v) is 7.05. The lowest BCUT2D eigenvalue weighted by Gasteiger charge is -2.07. The van der Waals surface area contributed by atoms with E-state index >= 15 is 0 Å². The van der Waals surface area contributed by atoms with Gasteiger partial charge in [-0.05, 0) is 24.3 Å². The first-order valence-electron chi connectivity index (χ1n) is 7.16. The predicted molar refractivity (Wildman–Crippen MR) is 90.5 cm³/mol. The van der Waals surface area contributed by atoms with Gasteiger partial charge in [-0.3, -0.25) is 0 Å². The largest absolute Gasteiger partial charge is 0.327 e. The van der Waals surface area contributed by atoms with Crippen molar-refractivity contribution in [1.82, 2.24) is 4.98 Å².